The predicted octanol–water partition coefficient (Wildman–Crippen LogP) is 2.81. The SMILES string of the molecule is CCC1C[C@H](C(=O)NCc2ccc(C)s2)[C@H](C(=O)O)C1. The molecule has 1 fully saturated rings. The van der Waals surface area contributed by atoms with E-state index in [0.717, 1.165) is 11.3 Å². The number of hydrogen-bond acceptors (Lipinski definition) is 3. The summed E-state index contributed by atoms with van der Waals surface area (Å²) in [6, 6.07) is 4.02. The van der Waals surface area contributed by atoms with E-state index >= 15 is 0 Å². The molecule has 0 aliphatic heterocycles. The van der Waals surface area contributed by atoms with Gasteiger partial charge in [0.15, 0.2) is 0 Å². The van der Waals surface area contributed by atoms with E-state index in [1.165, 1.54) is 4.88 Å². The van der Waals surface area contributed by atoms with Gasteiger partial charge in [0.1, 0.15) is 0 Å². The fourth-order valence-electron chi connectivity index (χ4n) is 2.92. The van der Waals surface area contributed by atoms with Gasteiger partial charge in [0.2, 0.25) is 5.91 Å². The van der Waals surface area contributed by atoms with Crippen LogP contribution in [0.2, 0.25) is 0 Å². The van der Waals surface area contributed by atoms with Gasteiger partial charge in [-0.1, -0.05) is 13.3 Å². The number of aryl methyl sites for hydroxylation is 1. The molecular weight excluding hydrogens is 274 g/mol. The molecule has 110 valence electrons. The molecule has 1 aliphatic carbocycles. The van der Waals surface area contributed by atoms with Gasteiger partial charge in [-0.15, -0.1) is 11.3 Å². The highest BCUT2D eigenvalue weighted by atomic mass is 32.1. The first-order valence-corrected chi connectivity index (χ1v) is 7.88. The van der Waals surface area contributed by atoms with E-state index in [1.54, 1.807) is 11.3 Å². The van der Waals surface area contributed by atoms with Gasteiger partial charge >= 0.3 is 5.97 Å². The van der Waals surface area contributed by atoms with Crippen molar-refractivity contribution in [3.8, 4) is 0 Å². The van der Waals surface area contributed by atoms with Crippen molar-refractivity contribution in [3.05, 3.63) is 21.9 Å². The molecule has 5 heteroatoms. The Bertz CT molecular complexity index is 497. The zero-order valence-corrected chi connectivity index (χ0v) is 12.7. The van der Waals surface area contributed by atoms with E-state index in [1.807, 2.05) is 19.1 Å². The summed E-state index contributed by atoms with van der Waals surface area (Å²) >= 11 is 1.65. The van der Waals surface area contributed by atoms with E-state index < -0.39 is 11.9 Å². The average Bonchev–Trinajstić information content (AvgIpc) is 3.02. The molecule has 1 heterocycles. The normalized spacial score (nSPS) is 25.6. The molecule has 0 aromatic carbocycles. The van der Waals surface area contributed by atoms with Gasteiger partial charge in [-0.2, -0.15) is 0 Å². The van der Waals surface area contributed by atoms with E-state index in [9.17, 15) is 14.7 Å². The zero-order valence-electron chi connectivity index (χ0n) is 11.9. The number of rotatable bonds is 5. The molecule has 4 nitrogen and oxygen atoms in total. The molecule has 0 saturated heterocycles. The van der Waals surface area contributed by atoms with E-state index in [-0.39, 0.29) is 11.8 Å². The summed E-state index contributed by atoms with van der Waals surface area (Å²) in [5.74, 6) is -1.49. The van der Waals surface area contributed by atoms with Crippen molar-refractivity contribution >= 4 is 23.2 Å². The van der Waals surface area contributed by atoms with Crippen LogP contribution in [0.4, 0.5) is 0 Å². The van der Waals surface area contributed by atoms with Crippen LogP contribution in [-0.4, -0.2) is 17.0 Å². The topological polar surface area (TPSA) is 66.4 Å². The van der Waals surface area contributed by atoms with Crippen molar-refractivity contribution in [2.45, 2.75) is 39.7 Å². The Morgan fingerprint density at radius 3 is 2.60 bits per heavy atom. The predicted molar refractivity (Wildman–Crippen MR) is 78.5 cm³/mol. The third-order valence-electron chi connectivity index (χ3n) is 4.12. The first kappa shape index (κ1) is 15.0. The van der Waals surface area contributed by atoms with Crippen LogP contribution in [0.1, 0.15) is 35.9 Å². The summed E-state index contributed by atoms with van der Waals surface area (Å²) in [4.78, 5) is 25.8. The summed E-state index contributed by atoms with van der Waals surface area (Å²) in [7, 11) is 0. The molecule has 0 spiro atoms. The third kappa shape index (κ3) is 3.39. The van der Waals surface area contributed by atoms with Crippen LogP contribution >= 0.6 is 11.3 Å². The molecule has 1 aromatic rings. The molecule has 2 rings (SSSR count). The van der Waals surface area contributed by atoms with Gasteiger partial charge in [-0.05, 0) is 37.8 Å². The van der Waals surface area contributed by atoms with Crippen molar-refractivity contribution in [1.82, 2.24) is 5.32 Å². The van der Waals surface area contributed by atoms with Crippen molar-refractivity contribution in [2.24, 2.45) is 17.8 Å². The van der Waals surface area contributed by atoms with Gasteiger partial charge in [0, 0.05) is 9.75 Å². The van der Waals surface area contributed by atoms with Crippen LogP contribution in [0.3, 0.4) is 0 Å². The molecule has 1 aliphatic rings. The van der Waals surface area contributed by atoms with Crippen LogP contribution in [0, 0.1) is 24.7 Å². The lowest BCUT2D eigenvalue weighted by Gasteiger charge is -2.15. The number of carboxylic acid groups (broad SMARTS) is 1. The molecule has 1 unspecified atom stereocenters. The summed E-state index contributed by atoms with van der Waals surface area (Å²) in [5, 5.41) is 12.1. The highest BCUT2D eigenvalue weighted by Gasteiger charge is 2.41. The van der Waals surface area contributed by atoms with Crippen molar-refractivity contribution in [1.29, 1.82) is 0 Å². The maximum atomic E-state index is 12.2. The lowest BCUT2D eigenvalue weighted by Crippen LogP contribution is -2.34. The zero-order chi connectivity index (χ0) is 14.7. The number of carbonyl (C=O) groups excluding carboxylic acids is 1. The molecule has 20 heavy (non-hydrogen) atoms. The fraction of sp³-hybridized carbons (Fsp3) is 0.600. The Morgan fingerprint density at radius 1 is 1.35 bits per heavy atom. The van der Waals surface area contributed by atoms with Crippen molar-refractivity contribution in [2.75, 3.05) is 0 Å². The Morgan fingerprint density at radius 2 is 2.05 bits per heavy atom. The minimum Gasteiger partial charge on any atom is -0.481 e. The largest absolute Gasteiger partial charge is 0.481 e. The summed E-state index contributed by atoms with van der Waals surface area (Å²) < 4.78 is 0. The quantitative estimate of drug-likeness (QED) is 0.878. The number of amides is 1. The Kier molecular flexibility index (Phi) is 4.81. The third-order valence-corrected chi connectivity index (χ3v) is 5.13. The maximum absolute atomic E-state index is 12.2. The fourth-order valence-corrected chi connectivity index (χ4v) is 3.75. The molecule has 1 saturated carbocycles. The molecule has 1 aromatic heterocycles. The molecule has 0 bridgehead atoms. The maximum Gasteiger partial charge on any atom is 0.307 e. The summed E-state index contributed by atoms with van der Waals surface area (Å²) in [6.45, 7) is 4.58. The van der Waals surface area contributed by atoms with Crippen LogP contribution in [-0.2, 0) is 16.1 Å². The van der Waals surface area contributed by atoms with Gasteiger partial charge in [-0.25, -0.2) is 0 Å². The number of aliphatic carboxylic acids is 1. The highest BCUT2D eigenvalue weighted by molar-refractivity contribution is 7.11. The highest BCUT2D eigenvalue weighted by Crippen LogP contribution is 2.38. The minimum absolute atomic E-state index is 0.112. The Balaban J connectivity index is 1.95. The number of carbonyl (C=O) groups is 2. The molecule has 2 N–H and O–H groups in total. The average molecular weight is 295 g/mol. The van der Waals surface area contributed by atoms with Crippen LogP contribution in [0.5, 0.6) is 0 Å². The Hall–Kier alpha value is -1.36. The molecule has 3 atom stereocenters. The standard InChI is InChI=1S/C15H21NO3S/c1-3-10-6-12(13(7-10)15(18)19)14(17)16-8-11-5-4-9(2)20-11/h4-5,10,12-13H,3,6-8H2,1-2H3,(H,16,17)(H,18,19)/t10?,12-,13+/m0/s1. The lowest BCUT2D eigenvalue weighted by molar-refractivity contribution is -0.146. The Labute approximate surface area is 123 Å². The van der Waals surface area contributed by atoms with Gasteiger partial charge < -0.3 is 10.4 Å². The summed E-state index contributed by atoms with van der Waals surface area (Å²) in [5.41, 5.74) is 0. The number of nitrogens with one attached hydrogen (secondary N) is 1. The smallest absolute Gasteiger partial charge is 0.307 e. The van der Waals surface area contributed by atoms with Crippen LogP contribution in [0.25, 0.3) is 0 Å². The lowest BCUT2D eigenvalue weighted by atomic mass is 9.95. The van der Waals surface area contributed by atoms with Crippen LogP contribution < -0.4 is 5.32 Å². The van der Waals surface area contributed by atoms with Gasteiger partial charge in [-0.3, -0.25) is 9.59 Å². The number of hydrogen-bond donors (Lipinski definition) is 2. The van der Waals surface area contributed by atoms with E-state index in [4.69, 9.17) is 0 Å². The first-order valence-electron chi connectivity index (χ1n) is 7.07. The molecule has 0 radical (unpaired) electrons. The van der Waals surface area contributed by atoms with E-state index in [2.05, 4.69) is 12.2 Å². The van der Waals surface area contributed by atoms with Crippen LogP contribution in [0.15, 0.2) is 12.1 Å². The monoisotopic (exact) mass is 295 g/mol. The van der Waals surface area contributed by atoms with E-state index in [0.29, 0.717) is 25.3 Å². The van der Waals surface area contributed by atoms with Crippen molar-refractivity contribution in [3.63, 3.8) is 0 Å². The van der Waals surface area contributed by atoms with Crippen molar-refractivity contribution < 1.29 is 14.7 Å². The first-order chi connectivity index (χ1) is 9.51. The summed E-state index contributed by atoms with van der Waals surface area (Å²) in [6.07, 6.45) is 2.27. The second-order valence-electron chi connectivity index (χ2n) is 5.53. The minimum atomic E-state index is -0.840. The van der Waals surface area contributed by atoms with Gasteiger partial charge in [0.05, 0.1) is 18.4 Å². The molecule has 1 amide bonds. The molecular formula is C15H21NO3S. The second-order valence-corrected chi connectivity index (χ2v) is 6.90. The second kappa shape index (κ2) is 6.39. The van der Waals surface area contributed by atoms with Gasteiger partial charge in [0.25, 0.3) is 0 Å². The number of thiophene rings is 1. The number of carboxylic acids is 1.